The van der Waals surface area contributed by atoms with Crippen LogP contribution in [0, 0.1) is 0 Å². The van der Waals surface area contributed by atoms with Gasteiger partial charge in [0.15, 0.2) is 0 Å². The zero-order valence-corrected chi connectivity index (χ0v) is 18.1. The molecule has 0 saturated carbocycles. The van der Waals surface area contributed by atoms with Gasteiger partial charge < -0.3 is 5.11 Å². The first kappa shape index (κ1) is 40.6. The molecule has 1 N–H and O–H groups in total. The molecule has 0 aliphatic rings. The van der Waals surface area contributed by atoms with Crippen LogP contribution in [0.2, 0.25) is 0 Å². The number of aliphatic hydroxyl groups is 1. The summed E-state index contributed by atoms with van der Waals surface area (Å²) in [6.45, 7) is 0. The quantitative estimate of drug-likeness (QED) is 0.162. The first-order valence-corrected chi connectivity index (χ1v) is 8.73. The van der Waals surface area contributed by atoms with Crippen LogP contribution in [-0.2, 0) is 4.74 Å². The smallest absolute Gasteiger partial charge is 0.460 e. The minimum absolute atomic E-state index is 0.953. The van der Waals surface area contributed by atoms with Gasteiger partial charge in [-0.3, -0.25) is 0 Å². The summed E-state index contributed by atoms with van der Waals surface area (Å²) < 4.78 is 353. The summed E-state index contributed by atoms with van der Waals surface area (Å²) in [5.41, 5.74) is 0. The maximum Gasteiger partial charge on any atom is 0.460 e. The Morgan fingerprint density at radius 3 is 0.814 bits per heavy atom. The molecule has 0 atom stereocenters. The third kappa shape index (κ3) is 5.22. The summed E-state index contributed by atoms with van der Waals surface area (Å²) in [6, 6.07) is -4.16. The van der Waals surface area contributed by atoms with E-state index < -0.39 is 83.5 Å². The van der Waals surface area contributed by atoms with E-state index in [1.807, 2.05) is 0 Å². The minimum atomic E-state index is -9.67. The molecule has 0 unspecified atom stereocenters. The van der Waals surface area contributed by atoms with Gasteiger partial charge in [-0.15, -0.1) is 0 Å². The predicted octanol–water partition coefficient (Wildman–Crippen LogP) is 9.13. The number of aliphatic hydroxyl groups excluding tert-OH is 1. The molecule has 29 heteroatoms. The van der Waals surface area contributed by atoms with Crippen LogP contribution < -0.4 is 0 Å². The molecule has 258 valence electrons. The Labute approximate surface area is 213 Å². The second-order valence-corrected chi connectivity index (χ2v) is 7.41. The standard InChI is InChI=1S/C14HF27O2/c15-1(2(16)42)3(17,18)13(38,39)43-14(40,41)11(33,34)9(29,30)7(25,26)5(21,22)4(19,20)6(23,24)8(27,28)10(31,32)12(35,36)37/h42H. The largest absolute Gasteiger partial charge is 0.484 e. The summed E-state index contributed by atoms with van der Waals surface area (Å²) in [4.78, 5) is 0. The fraction of sp³-hybridized carbons (Fsp3) is 0.857. The fourth-order valence-electron chi connectivity index (χ4n) is 2.09. The molecular formula is C14HF27O2. The molecule has 43 heavy (non-hydrogen) atoms. The molecule has 0 fully saturated rings. The molecule has 0 amide bonds. The molecular weight excluding hydrogens is 713 g/mol. The Kier molecular flexibility index (Phi) is 9.50. The van der Waals surface area contributed by atoms with Gasteiger partial charge in [-0.05, 0) is 0 Å². The lowest BCUT2D eigenvalue weighted by molar-refractivity contribution is -0.510. The van der Waals surface area contributed by atoms with E-state index in [0.29, 0.717) is 0 Å². The Morgan fingerprint density at radius 1 is 0.349 bits per heavy atom. The SMILES string of the molecule is OC(F)=C(F)C(F)(F)C(F)(F)OC(F)(F)C(F)(F)C(F)(F)C(F)(F)C(F)(F)C(F)(F)C(F)(F)C(F)(F)C(F)(F)C(F)(F)F. The summed E-state index contributed by atoms with van der Waals surface area (Å²) in [5.74, 6) is -87.2. The van der Waals surface area contributed by atoms with Crippen molar-refractivity contribution in [3.05, 3.63) is 11.8 Å². The van der Waals surface area contributed by atoms with E-state index in [0.717, 1.165) is 4.74 Å². The van der Waals surface area contributed by atoms with E-state index in [1.165, 1.54) is 0 Å². The van der Waals surface area contributed by atoms with Gasteiger partial charge in [-0.2, -0.15) is 119 Å². The molecule has 2 nitrogen and oxygen atoms in total. The number of hydrogen-bond acceptors (Lipinski definition) is 2. The molecule has 0 spiro atoms. The molecule has 0 bridgehead atoms. The van der Waals surface area contributed by atoms with Crippen LogP contribution in [0.4, 0.5) is 119 Å². The van der Waals surface area contributed by atoms with Crippen molar-refractivity contribution in [2.24, 2.45) is 0 Å². The van der Waals surface area contributed by atoms with Gasteiger partial charge in [0.25, 0.3) is 5.83 Å². The zero-order valence-electron chi connectivity index (χ0n) is 18.1. The highest BCUT2D eigenvalue weighted by Gasteiger charge is 2.98. The molecule has 0 saturated heterocycles. The Hall–Kier alpha value is -2.39. The van der Waals surface area contributed by atoms with Gasteiger partial charge in [-0.1, -0.05) is 0 Å². The average molecular weight is 714 g/mol. The number of hydrogen-bond donors (Lipinski definition) is 1. The van der Waals surface area contributed by atoms with E-state index in [1.54, 1.807) is 0 Å². The van der Waals surface area contributed by atoms with Crippen LogP contribution in [0.25, 0.3) is 0 Å². The molecule has 0 aliphatic heterocycles. The van der Waals surface area contributed by atoms with E-state index in [-0.39, 0.29) is 0 Å². The molecule has 0 aliphatic carbocycles. The molecule has 0 radical (unpaired) electrons. The van der Waals surface area contributed by atoms with Gasteiger partial charge in [-0.25, -0.2) is 4.74 Å². The molecule has 0 aromatic carbocycles. The Balaban J connectivity index is 7.20. The normalized spacial score (nSPS) is 17.3. The second kappa shape index (κ2) is 10.1. The summed E-state index contributed by atoms with van der Waals surface area (Å²) in [5, 5.41) is 7.63. The highest BCUT2D eigenvalue weighted by atomic mass is 19.4. The maximum atomic E-state index is 13.5. The van der Waals surface area contributed by atoms with E-state index >= 15 is 0 Å². The molecule has 0 aromatic heterocycles. The minimum Gasteiger partial charge on any atom is -0.484 e. The third-order valence-corrected chi connectivity index (χ3v) is 4.56. The molecule has 0 aromatic rings. The van der Waals surface area contributed by atoms with Gasteiger partial charge in [0.05, 0.1) is 0 Å². The highest BCUT2D eigenvalue weighted by Crippen LogP contribution is 2.66. The number of rotatable bonds is 12. The van der Waals surface area contributed by atoms with Crippen molar-refractivity contribution in [1.29, 1.82) is 0 Å². The van der Waals surface area contributed by atoms with Gasteiger partial charge in [0.2, 0.25) is 0 Å². The number of halogens is 27. The maximum absolute atomic E-state index is 13.5. The number of alkyl halides is 25. The summed E-state index contributed by atoms with van der Waals surface area (Å²) >= 11 is 0. The lowest BCUT2D eigenvalue weighted by atomic mass is 9.87. The molecule has 0 rings (SSSR count). The Bertz CT molecular complexity index is 1060. The van der Waals surface area contributed by atoms with Crippen molar-refractivity contribution in [2.75, 3.05) is 0 Å². The second-order valence-electron chi connectivity index (χ2n) is 7.41. The lowest BCUT2D eigenvalue weighted by Gasteiger charge is -2.44. The average Bonchev–Trinajstić information content (AvgIpc) is 2.75. The zero-order chi connectivity index (χ0) is 35.9. The van der Waals surface area contributed by atoms with E-state index in [4.69, 9.17) is 5.11 Å². The monoisotopic (exact) mass is 714 g/mol. The predicted molar refractivity (Wildman–Crippen MR) is 73.4 cm³/mol. The lowest BCUT2D eigenvalue weighted by Crippen LogP contribution is -2.77. The van der Waals surface area contributed by atoms with Crippen molar-refractivity contribution in [1.82, 2.24) is 0 Å². The van der Waals surface area contributed by atoms with Gasteiger partial charge in [0.1, 0.15) is 0 Å². The van der Waals surface area contributed by atoms with E-state index in [2.05, 4.69) is 0 Å². The summed E-state index contributed by atoms with van der Waals surface area (Å²) in [6.07, 6.45) is -25.0. The van der Waals surface area contributed by atoms with Crippen LogP contribution in [0.1, 0.15) is 0 Å². The first-order valence-electron chi connectivity index (χ1n) is 8.73. The third-order valence-electron chi connectivity index (χ3n) is 4.56. The first-order chi connectivity index (χ1) is 18.1. The van der Waals surface area contributed by atoms with E-state index in [9.17, 15) is 119 Å². The topological polar surface area (TPSA) is 29.5 Å². The Morgan fingerprint density at radius 2 is 0.581 bits per heavy atom. The van der Waals surface area contributed by atoms with Crippen molar-refractivity contribution in [2.45, 2.75) is 71.7 Å². The van der Waals surface area contributed by atoms with Crippen LogP contribution in [0.3, 0.4) is 0 Å². The van der Waals surface area contributed by atoms with Crippen molar-refractivity contribution in [3.8, 4) is 0 Å². The molecule has 0 heterocycles. The van der Waals surface area contributed by atoms with Crippen LogP contribution in [-0.4, -0.2) is 76.8 Å². The van der Waals surface area contributed by atoms with Crippen LogP contribution >= 0.6 is 0 Å². The van der Waals surface area contributed by atoms with Crippen molar-refractivity contribution >= 4 is 0 Å². The summed E-state index contributed by atoms with van der Waals surface area (Å²) in [7, 11) is 0. The van der Waals surface area contributed by atoms with Gasteiger partial charge in [0, 0.05) is 0 Å². The van der Waals surface area contributed by atoms with Crippen molar-refractivity contribution in [3.63, 3.8) is 0 Å². The van der Waals surface area contributed by atoms with Gasteiger partial charge >= 0.3 is 77.7 Å². The fourth-order valence-corrected chi connectivity index (χ4v) is 2.09. The number of ether oxygens (including phenoxy) is 1. The van der Waals surface area contributed by atoms with Crippen LogP contribution in [0.5, 0.6) is 0 Å². The van der Waals surface area contributed by atoms with Crippen LogP contribution in [0.15, 0.2) is 11.8 Å². The highest BCUT2D eigenvalue weighted by molar-refractivity contribution is 5.17. The van der Waals surface area contributed by atoms with Crippen molar-refractivity contribution < 1.29 is 128 Å².